The Balaban J connectivity index is 1.94. The molecule has 2 rings (SSSR count). The van der Waals surface area contributed by atoms with E-state index in [0.717, 1.165) is 0 Å². The molecule has 2 heterocycles. The average Bonchev–Trinajstić information content (AvgIpc) is 2.84. The molecule has 7 nitrogen and oxygen atoms in total. The predicted molar refractivity (Wildman–Crippen MR) is 60.1 cm³/mol. The Morgan fingerprint density at radius 2 is 2.35 bits per heavy atom. The van der Waals surface area contributed by atoms with Gasteiger partial charge in [-0.15, -0.1) is 0 Å². The zero-order chi connectivity index (χ0) is 12.1. The maximum Gasteiger partial charge on any atom is 0.318 e. The van der Waals surface area contributed by atoms with E-state index in [2.05, 4.69) is 29.9 Å². The van der Waals surface area contributed by atoms with Crippen molar-refractivity contribution < 1.29 is 9.26 Å². The molecule has 17 heavy (non-hydrogen) atoms. The summed E-state index contributed by atoms with van der Waals surface area (Å²) in [5.41, 5.74) is 0. The normalized spacial score (nSPS) is 10.2. The van der Waals surface area contributed by atoms with E-state index in [0.29, 0.717) is 29.6 Å². The summed E-state index contributed by atoms with van der Waals surface area (Å²) >= 11 is 5.92. The van der Waals surface area contributed by atoms with Crippen molar-refractivity contribution in [1.29, 1.82) is 0 Å². The van der Waals surface area contributed by atoms with Gasteiger partial charge in [0.15, 0.2) is 11.6 Å². The van der Waals surface area contributed by atoms with Gasteiger partial charge in [-0.3, -0.25) is 0 Å². The minimum atomic E-state index is 0.261. The number of aromatic nitrogens is 4. The molecule has 0 saturated carbocycles. The van der Waals surface area contributed by atoms with Gasteiger partial charge in [0.25, 0.3) is 0 Å². The molecule has 0 amide bonds. The Kier molecular flexibility index (Phi) is 3.71. The number of halogens is 1. The standard InChI is InChI=1S/C9H10ClN5O2/c1-16-9-12-4-6(10)8(14-9)11-3-2-7-13-5-17-15-7/h4-5H,2-3H2,1H3,(H,11,12,14). The SMILES string of the molecule is COc1ncc(Cl)c(NCCc2ncon2)n1. The Bertz CT molecular complexity index is 476. The summed E-state index contributed by atoms with van der Waals surface area (Å²) in [6.45, 7) is 0.583. The smallest absolute Gasteiger partial charge is 0.318 e. The van der Waals surface area contributed by atoms with Crippen molar-refractivity contribution in [3.05, 3.63) is 23.4 Å². The van der Waals surface area contributed by atoms with Crippen LogP contribution >= 0.6 is 11.6 Å². The number of nitrogens with zero attached hydrogens (tertiary/aromatic N) is 4. The summed E-state index contributed by atoms with van der Waals surface area (Å²) in [5.74, 6) is 1.14. The molecule has 1 N–H and O–H groups in total. The van der Waals surface area contributed by atoms with Crippen molar-refractivity contribution >= 4 is 17.4 Å². The second-order valence-electron chi connectivity index (χ2n) is 3.08. The molecule has 2 aromatic heterocycles. The van der Waals surface area contributed by atoms with Crippen LogP contribution in [0.5, 0.6) is 6.01 Å². The van der Waals surface area contributed by atoms with Crippen LogP contribution in [0.15, 0.2) is 17.1 Å². The van der Waals surface area contributed by atoms with E-state index in [4.69, 9.17) is 16.3 Å². The zero-order valence-electron chi connectivity index (χ0n) is 9.05. The van der Waals surface area contributed by atoms with Crippen molar-refractivity contribution in [2.45, 2.75) is 6.42 Å². The lowest BCUT2D eigenvalue weighted by Gasteiger charge is -2.06. The minimum absolute atomic E-state index is 0.261. The minimum Gasteiger partial charge on any atom is -0.467 e. The first-order valence-corrected chi connectivity index (χ1v) is 5.23. The molecule has 8 heteroatoms. The third-order valence-corrected chi connectivity index (χ3v) is 2.23. The van der Waals surface area contributed by atoms with Gasteiger partial charge in [0.1, 0.15) is 5.02 Å². The van der Waals surface area contributed by atoms with Gasteiger partial charge in [0, 0.05) is 13.0 Å². The van der Waals surface area contributed by atoms with Crippen LogP contribution in [0.25, 0.3) is 0 Å². The van der Waals surface area contributed by atoms with Crippen LogP contribution in [0.3, 0.4) is 0 Å². The first-order valence-electron chi connectivity index (χ1n) is 4.85. The molecule has 0 radical (unpaired) electrons. The van der Waals surface area contributed by atoms with E-state index < -0.39 is 0 Å². The molecule has 0 unspecified atom stereocenters. The van der Waals surface area contributed by atoms with Gasteiger partial charge in [-0.25, -0.2) is 4.98 Å². The van der Waals surface area contributed by atoms with Gasteiger partial charge in [0.05, 0.1) is 13.3 Å². The van der Waals surface area contributed by atoms with Crippen molar-refractivity contribution in [2.75, 3.05) is 19.0 Å². The Hall–Kier alpha value is -1.89. The molecule has 0 spiro atoms. The van der Waals surface area contributed by atoms with Crippen LogP contribution in [0.2, 0.25) is 5.02 Å². The summed E-state index contributed by atoms with van der Waals surface area (Å²) in [7, 11) is 1.49. The van der Waals surface area contributed by atoms with Crippen molar-refractivity contribution in [3.8, 4) is 6.01 Å². The van der Waals surface area contributed by atoms with Gasteiger partial charge in [-0.1, -0.05) is 16.8 Å². The lowest BCUT2D eigenvalue weighted by Crippen LogP contribution is -2.08. The molecular weight excluding hydrogens is 246 g/mol. The lowest BCUT2D eigenvalue weighted by molar-refractivity contribution is 0.380. The summed E-state index contributed by atoms with van der Waals surface area (Å²) in [4.78, 5) is 11.8. The third-order valence-electron chi connectivity index (χ3n) is 1.95. The fourth-order valence-corrected chi connectivity index (χ4v) is 1.33. The van der Waals surface area contributed by atoms with Gasteiger partial charge >= 0.3 is 6.01 Å². The highest BCUT2D eigenvalue weighted by atomic mass is 35.5. The molecule has 0 atom stereocenters. The van der Waals surface area contributed by atoms with E-state index in [1.54, 1.807) is 0 Å². The van der Waals surface area contributed by atoms with Crippen LogP contribution in [0, 0.1) is 0 Å². The van der Waals surface area contributed by atoms with Crippen LogP contribution in [0.1, 0.15) is 5.82 Å². The molecule has 0 fully saturated rings. The summed E-state index contributed by atoms with van der Waals surface area (Å²) < 4.78 is 9.52. The molecule has 0 saturated heterocycles. The van der Waals surface area contributed by atoms with Crippen molar-refractivity contribution in [3.63, 3.8) is 0 Å². The molecule has 0 aliphatic carbocycles. The van der Waals surface area contributed by atoms with Crippen LogP contribution < -0.4 is 10.1 Å². The molecule has 0 aliphatic heterocycles. The lowest BCUT2D eigenvalue weighted by atomic mass is 10.4. The highest BCUT2D eigenvalue weighted by molar-refractivity contribution is 6.32. The van der Waals surface area contributed by atoms with E-state index in [-0.39, 0.29) is 6.01 Å². The topological polar surface area (TPSA) is 86.0 Å². The number of nitrogens with one attached hydrogen (secondary N) is 1. The Labute approximate surface area is 102 Å². The fourth-order valence-electron chi connectivity index (χ4n) is 1.17. The number of hydrogen-bond donors (Lipinski definition) is 1. The molecule has 0 aliphatic rings. The number of anilines is 1. The number of methoxy groups -OCH3 is 1. The van der Waals surface area contributed by atoms with Gasteiger partial charge in [0.2, 0.25) is 6.39 Å². The zero-order valence-corrected chi connectivity index (χ0v) is 9.81. The van der Waals surface area contributed by atoms with Crippen molar-refractivity contribution in [1.82, 2.24) is 20.1 Å². The first-order chi connectivity index (χ1) is 8.29. The van der Waals surface area contributed by atoms with E-state index in [9.17, 15) is 0 Å². The van der Waals surface area contributed by atoms with Gasteiger partial charge in [-0.05, 0) is 0 Å². The third kappa shape index (κ3) is 3.04. The van der Waals surface area contributed by atoms with E-state index >= 15 is 0 Å². The molecule has 2 aromatic rings. The highest BCUT2D eigenvalue weighted by Crippen LogP contribution is 2.19. The quantitative estimate of drug-likeness (QED) is 0.858. The highest BCUT2D eigenvalue weighted by Gasteiger charge is 2.05. The monoisotopic (exact) mass is 255 g/mol. The number of hydrogen-bond acceptors (Lipinski definition) is 7. The Morgan fingerprint density at radius 3 is 3.06 bits per heavy atom. The first kappa shape index (κ1) is 11.6. The van der Waals surface area contributed by atoms with Crippen LogP contribution in [-0.4, -0.2) is 33.8 Å². The molecule has 90 valence electrons. The van der Waals surface area contributed by atoms with E-state index in [1.165, 1.54) is 19.7 Å². The van der Waals surface area contributed by atoms with Crippen LogP contribution in [-0.2, 0) is 6.42 Å². The summed E-state index contributed by atoms with van der Waals surface area (Å²) in [6, 6.07) is 0.261. The van der Waals surface area contributed by atoms with Gasteiger partial charge in [-0.2, -0.15) is 9.97 Å². The average molecular weight is 256 g/mol. The van der Waals surface area contributed by atoms with Crippen molar-refractivity contribution in [2.24, 2.45) is 0 Å². The maximum atomic E-state index is 5.92. The summed E-state index contributed by atoms with van der Waals surface area (Å²) in [5, 5.41) is 7.16. The Morgan fingerprint density at radius 1 is 1.47 bits per heavy atom. The second-order valence-corrected chi connectivity index (χ2v) is 3.48. The van der Waals surface area contributed by atoms with E-state index in [1.807, 2.05) is 0 Å². The second kappa shape index (κ2) is 5.44. The van der Waals surface area contributed by atoms with Crippen LogP contribution in [0.4, 0.5) is 5.82 Å². The molecule has 0 aromatic carbocycles. The van der Waals surface area contributed by atoms with Gasteiger partial charge < -0.3 is 14.6 Å². The molecular formula is C9H10ClN5O2. The molecule has 0 bridgehead atoms. The maximum absolute atomic E-state index is 5.92. The predicted octanol–water partition coefficient (Wildman–Crippen LogP) is 1.18. The fraction of sp³-hybridized carbons (Fsp3) is 0.333. The summed E-state index contributed by atoms with van der Waals surface area (Å²) in [6.07, 6.45) is 3.37. The number of ether oxygens (including phenoxy) is 1. The largest absolute Gasteiger partial charge is 0.467 e. The number of rotatable bonds is 5.